The van der Waals surface area contributed by atoms with Crippen LogP contribution < -0.4 is 0 Å². The number of hydrogen-bond acceptors (Lipinski definition) is 4. The Morgan fingerprint density at radius 1 is 1.00 bits per heavy atom. The highest BCUT2D eigenvalue weighted by atomic mass is 32.2. The van der Waals surface area contributed by atoms with Crippen molar-refractivity contribution in [2.75, 3.05) is 26.2 Å². The smallest absolute Gasteiger partial charge is 0.243 e. The molecule has 1 fully saturated rings. The third kappa shape index (κ3) is 5.87. The van der Waals surface area contributed by atoms with E-state index in [2.05, 4.69) is 18.8 Å². The van der Waals surface area contributed by atoms with Crippen molar-refractivity contribution in [1.82, 2.24) is 14.2 Å². The second kappa shape index (κ2) is 11.8. The van der Waals surface area contributed by atoms with E-state index in [1.54, 1.807) is 34.9 Å². The van der Waals surface area contributed by atoms with Gasteiger partial charge in [0.2, 0.25) is 15.9 Å². The lowest BCUT2D eigenvalue weighted by atomic mass is 9.94. The van der Waals surface area contributed by atoms with E-state index in [9.17, 15) is 13.2 Å². The van der Waals surface area contributed by atoms with Crippen LogP contribution in [-0.4, -0.2) is 54.7 Å². The van der Waals surface area contributed by atoms with E-state index in [-0.39, 0.29) is 11.8 Å². The predicted octanol–water partition coefficient (Wildman–Crippen LogP) is 4.84. The summed E-state index contributed by atoms with van der Waals surface area (Å²) in [6.45, 7) is 6.18. The molecule has 7 heteroatoms. The number of amides is 1. The second-order valence-corrected chi connectivity index (χ2v) is 10.7. The van der Waals surface area contributed by atoms with E-state index in [4.69, 9.17) is 0 Å². The van der Waals surface area contributed by atoms with Crippen molar-refractivity contribution in [2.24, 2.45) is 5.92 Å². The van der Waals surface area contributed by atoms with Crippen LogP contribution in [0.5, 0.6) is 0 Å². The van der Waals surface area contributed by atoms with Gasteiger partial charge in [-0.05, 0) is 31.4 Å². The Morgan fingerprint density at radius 2 is 1.84 bits per heavy atom. The maximum absolute atomic E-state index is 13.5. The van der Waals surface area contributed by atoms with Crippen LogP contribution in [0.3, 0.4) is 0 Å². The van der Waals surface area contributed by atoms with Crippen LogP contribution in [0, 0.1) is 5.92 Å². The van der Waals surface area contributed by atoms with Gasteiger partial charge in [0, 0.05) is 55.3 Å². The van der Waals surface area contributed by atoms with Gasteiger partial charge in [0.05, 0.1) is 4.90 Å². The number of hydrogen-bond donors (Lipinski definition) is 0. The summed E-state index contributed by atoms with van der Waals surface area (Å²) < 4.78 is 28.5. The summed E-state index contributed by atoms with van der Waals surface area (Å²) in [5, 5.41) is 1.50. The Labute approximate surface area is 193 Å². The van der Waals surface area contributed by atoms with E-state index >= 15 is 0 Å². The Hall–Kier alpha value is -1.99. The molecule has 1 amide bonds. The third-order valence-corrected chi connectivity index (χ3v) is 8.37. The van der Waals surface area contributed by atoms with Crippen LogP contribution in [0.4, 0.5) is 0 Å². The summed E-state index contributed by atoms with van der Waals surface area (Å²) >= 11 is 0. The number of benzene rings is 1. The molecule has 6 nitrogen and oxygen atoms in total. The number of carbonyl (C=O) groups is 1. The maximum Gasteiger partial charge on any atom is 0.243 e. The molecule has 2 heterocycles. The third-order valence-electron chi connectivity index (χ3n) is 6.42. The van der Waals surface area contributed by atoms with Crippen LogP contribution in [0.1, 0.15) is 65.2 Å². The highest BCUT2D eigenvalue weighted by molar-refractivity contribution is 7.89. The van der Waals surface area contributed by atoms with Gasteiger partial charge in [0.25, 0.3) is 0 Å². The lowest BCUT2D eigenvalue weighted by molar-refractivity contribution is -0.135. The fraction of sp³-hybridized carbons (Fsp3) is 0.600. The molecule has 1 atom stereocenters. The molecule has 32 heavy (non-hydrogen) atoms. The highest BCUT2D eigenvalue weighted by Crippen LogP contribution is 2.26. The van der Waals surface area contributed by atoms with Crippen LogP contribution in [0.2, 0.25) is 0 Å². The summed E-state index contributed by atoms with van der Waals surface area (Å²) in [5.74, 6) is 0.268. The van der Waals surface area contributed by atoms with E-state index in [0.29, 0.717) is 42.9 Å². The summed E-state index contributed by atoms with van der Waals surface area (Å²) in [6.07, 6.45) is 11.5. The molecule has 3 rings (SSSR count). The lowest BCUT2D eigenvalue weighted by Gasteiger charge is -2.26. The number of carbonyl (C=O) groups excluding carboxylic acids is 1. The van der Waals surface area contributed by atoms with E-state index in [1.165, 1.54) is 19.3 Å². The molecule has 1 aromatic carbocycles. The zero-order valence-electron chi connectivity index (χ0n) is 19.5. The van der Waals surface area contributed by atoms with Crippen molar-refractivity contribution in [3.63, 3.8) is 0 Å². The summed E-state index contributed by atoms with van der Waals surface area (Å²) in [5.41, 5.74) is 0. The molecule has 0 saturated carbocycles. The second-order valence-electron chi connectivity index (χ2n) is 8.77. The van der Waals surface area contributed by atoms with E-state index in [0.717, 1.165) is 31.1 Å². The van der Waals surface area contributed by atoms with Crippen molar-refractivity contribution in [3.05, 3.63) is 36.7 Å². The first kappa shape index (κ1) is 24.6. The molecule has 1 aromatic heterocycles. The molecule has 0 aliphatic carbocycles. The number of nitrogens with zero attached hydrogens (tertiary/aromatic N) is 3. The first-order valence-electron chi connectivity index (χ1n) is 12.1. The molecule has 0 radical (unpaired) electrons. The van der Waals surface area contributed by atoms with E-state index < -0.39 is 10.0 Å². The van der Waals surface area contributed by atoms with Gasteiger partial charge in [-0.1, -0.05) is 58.1 Å². The Kier molecular flexibility index (Phi) is 9.05. The molecule has 176 valence electrons. The monoisotopic (exact) mass is 459 g/mol. The Morgan fingerprint density at radius 3 is 2.62 bits per heavy atom. The average Bonchev–Trinajstić information content (AvgIpc) is 3.07. The van der Waals surface area contributed by atoms with Gasteiger partial charge in [-0.2, -0.15) is 4.31 Å². The fourth-order valence-corrected chi connectivity index (χ4v) is 6.31. The molecule has 0 N–H and O–H groups in total. The van der Waals surface area contributed by atoms with Crippen molar-refractivity contribution in [1.29, 1.82) is 0 Å². The Bertz CT molecular complexity index is 988. The topological polar surface area (TPSA) is 70.6 Å². The number of fused-ring (bicyclic) bond motifs is 1. The molecule has 2 aromatic rings. The molecular weight excluding hydrogens is 422 g/mol. The summed E-state index contributed by atoms with van der Waals surface area (Å²) in [6, 6.07) is 7.06. The summed E-state index contributed by atoms with van der Waals surface area (Å²) in [4.78, 5) is 19.6. The predicted molar refractivity (Wildman–Crippen MR) is 129 cm³/mol. The van der Waals surface area contributed by atoms with Gasteiger partial charge < -0.3 is 4.90 Å². The van der Waals surface area contributed by atoms with Gasteiger partial charge in [-0.25, -0.2) is 8.42 Å². The van der Waals surface area contributed by atoms with Crippen LogP contribution >= 0.6 is 0 Å². The highest BCUT2D eigenvalue weighted by Gasteiger charge is 2.31. The van der Waals surface area contributed by atoms with Crippen LogP contribution in [-0.2, 0) is 14.8 Å². The largest absolute Gasteiger partial charge is 0.341 e. The molecule has 0 unspecified atom stereocenters. The van der Waals surface area contributed by atoms with Gasteiger partial charge >= 0.3 is 0 Å². The minimum Gasteiger partial charge on any atom is -0.341 e. The number of unbranched alkanes of at least 4 members (excludes halogenated alkanes) is 3. The van der Waals surface area contributed by atoms with Gasteiger partial charge in [-0.3, -0.25) is 9.78 Å². The van der Waals surface area contributed by atoms with E-state index in [1.807, 2.05) is 11.0 Å². The van der Waals surface area contributed by atoms with Crippen molar-refractivity contribution in [3.8, 4) is 0 Å². The SMILES string of the molecule is CCCCCC[C@@H](CCC)C(=O)N1CCCN(S(=O)(=O)c2cccc3cnccc23)CC1. The van der Waals surface area contributed by atoms with Crippen LogP contribution in [0.15, 0.2) is 41.6 Å². The Balaban J connectivity index is 1.70. The summed E-state index contributed by atoms with van der Waals surface area (Å²) in [7, 11) is -3.64. The van der Waals surface area contributed by atoms with Crippen molar-refractivity contribution in [2.45, 2.75) is 70.1 Å². The molecule has 0 spiro atoms. The van der Waals surface area contributed by atoms with Crippen molar-refractivity contribution < 1.29 is 13.2 Å². The average molecular weight is 460 g/mol. The van der Waals surface area contributed by atoms with Gasteiger partial charge in [-0.15, -0.1) is 0 Å². The molecule has 0 bridgehead atoms. The number of sulfonamides is 1. The maximum atomic E-state index is 13.5. The zero-order valence-corrected chi connectivity index (χ0v) is 20.3. The molecule has 1 aliphatic rings. The van der Waals surface area contributed by atoms with Crippen LogP contribution in [0.25, 0.3) is 10.8 Å². The standard InChI is InChI=1S/C25H37N3O3S/c1-3-5-6-7-11-21(10-4-2)25(29)27-16-9-17-28(19-18-27)32(30,31)24-13-8-12-22-20-26-15-14-23(22)24/h8,12-15,20-21H,3-7,9-11,16-19H2,1-2H3/t21-/m1/s1. The minimum atomic E-state index is -3.64. The first-order valence-corrected chi connectivity index (χ1v) is 13.5. The first-order chi connectivity index (χ1) is 15.5. The number of aromatic nitrogens is 1. The zero-order chi connectivity index (χ0) is 23.0. The fourth-order valence-electron chi connectivity index (χ4n) is 4.63. The quantitative estimate of drug-likeness (QED) is 0.477. The van der Waals surface area contributed by atoms with Crippen molar-refractivity contribution >= 4 is 26.7 Å². The van der Waals surface area contributed by atoms with Gasteiger partial charge in [0.1, 0.15) is 0 Å². The molecule has 1 saturated heterocycles. The normalized spacial score (nSPS) is 16.8. The lowest BCUT2D eigenvalue weighted by Crippen LogP contribution is -2.40. The number of rotatable bonds is 10. The number of pyridine rings is 1. The minimum absolute atomic E-state index is 0.0607. The molecular formula is C25H37N3O3S. The molecule has 1 aliphatic heterocycles. The van der Waals surface area contributed by atoms with Gasteiger partial charge in [0.15, 0.2) is 0 Å².